The van der Waals surface area contributed by atoms with Crippen LogP contribution in [0.15, 0.2) is 0 Å². The smallest absolute Gasteiger partial charge is 0.237 e. The highest BCUT2D eigenvalue weighted by molar-refractivity contribution is 5.83. The van der Waals surface area contributed by atoms with Crippen molar-refractivity contribution in [1.29, 1.82) is 0 Å². The number of primary amides is 1. The van der Waals surface area contributed by atoms with Gasteiger partial charge in [-0.3, -0.25) is 4.79 Å². The molecule has 0 spiro atoms. The highest BCUT2D eigenvalue weighted by atomic mass is 16.5. The van der Waals surface area contributed by atoms with E-state index in [1.165, 1.54) is 0 Å². The van der Waals surface area contributed by atoms with Crippen LogP contribution in [0, 0.1) is 0 Å². The molecule has 5 nitrogen and oxygen atoms in total. The second-order valence-corrected chi connectivity index (χ2v) is 5.30. The number of hydrogen-bond donors (Lipinski definition) is 2. The maximum absolute atomic E-state index is 11.1. The fourth-order valence-electron chi connectivity index (χ4n) is 2.28. The van der Waals surface area contributed by atoms with Gasteiger partial charge in [0.25, 0.3) is 0 Å². The summed E-state index contributed by atoms with van der Waals surface area (Å²) in [6.07, 6.45) is 2.86. The van der Waals surface area contributed by atoms with E-state index in [9.17, 15) is 4.79 Å². The van der Waals surface area contributed by atoms with Crippen molar-refractivity contribution < 1.29 is 9.53 Å². The van der Waals surface area contributed by atoms with Gasteiger partial charge in [-0.2, -0.15) is 0 Å². The van der Waals surface area contributed by atoms with Crippen LogP contribution in [0.5, 0.6) is 0 Å². The first kappa shape index (κ1) is 14.4. The fraction of sp³-hybridized carbons (Fsp3) is 0.917. The summed E-state index contributed by atoms with van der Waals surface area (Å²) >= 11 is 0. The second-order valence-electron chi connectivity index (χ2n) is 5.30. The summed E-state index contributed by atoms with van der Waals surface area (Å²) in [5.74, 6) is -0.433. The van der Waals surface area contributed by atoms with E-state index in [1.54, 1.807) is 6.92 Å². The van der Waals surface area contributed by atoms with Crippen molar-refractivity contribution >= 4 is 5.91 Å². The highest BCUT2D eigenvalue weighted by Crippen LogP contribution is 2.19. The standard InChI is InChI=1S/C12H25N3O2/c1-9-10(5-8-17-9)15(3)7-4-6-12(2,14)11(13)16/h9-10H,4-8,14H2,1-3H3,(H2,13,16). The van der Waals surface area contributed by atoms with E-state index in [0.717, 1.165) is 26.0 Å². The van der Waals surface area contributed by atoms with Gasteiger partial charge >= 0.3 is 0 Å². The van der Waals surface area contributed by atoms with Crippen LogP contribution in [0.3, 0.4) is 0 Å². The molecule has 1 aliphatic heterocycles. The normalized spacial score (nSPS) is 28.3. The van der Waals surface area contributed by atoms with E-state index in [4.69, 9.17) is 16.2 Å². The Bertz CT molecular complexity index is 268. The average Bonchev–Trinajstić information content (AvgIpc) is 2.63. The molecule has 1 aliphatic rings. The molecule has 0 saturated carbocycles. The van der Waals surface area contributed by atoms with Crippen LogP contribution < -0.4 is 11.5 Å². The number of rotatable bonds is 6. The minimum Gasteiger partial charge on any atom is -0.377 e. The summed E-state index contributed by atoms with van der Waals surface area (Å²) in [6.45, 7) is 5.55. The molecule has 1 heterocycles. The molecule has 0 aromatic heterocycles. The second kappa shape index (κ2) is 5.80. The molecular formula is C12H25N3O2. The molecule has 1 fully saturated rings. The quantitative estimate of drug-likeness (QED) is 0.692. The number of likely N-dealkylation sites (N-methyl/N-ethyl adjacent to an activating group) is 1. The van der Waals surface area contributed by atoms with Crippen LogP contribution in [0.1, 0.15) is 33.1 Å². The minimum atomic E-state index is -0.890. The molecule has 100 valence electrons. The van der Waals surface area contributed by atoms with Gasteiger partial charge in [-0.1, -0.05) is 0 Å². The van der Waals surface area contributed by atoms with Crippen molar-refractivity contribution in [2.45, 2.75) is 50.8 Å². The Balaban J connectivity index is 2.29. The Morgan fingerprint density at radius 1 is 1.59 bits per heavy atom. The van der Waals surface area contributed by atoms with E-state index < -0.39 is 11.4 Å². The molecule has 1 amide bonds. The zero-order chi connectivity index (χ0) is 13.1. The zero-order valence-electron chi connectivity index (χ0n) is 11.1. The predicted molar refractivity (Wildman–Crippen MR) is 67.5 cm³/mol. The summed E-state index contributed by atoms with van der Waals surface area (Å²) in [5.41, 5.74) is 10.2. The molecule has 3 atom stereocenters. The van der Waals surface area contributed by atoms with E-state index >= 15 is 0 Å². The third-order valence-corrected chi connectivity index (χ3v) is 3.67. The summed E-state index contributed by atoms with van der Waals surface area (Å²) in [4.78, 5) is 13.4. The van der Waals surface area contributed by atoms with E-state index in [0.29, 0.717) is 18.6 Å². The van der Waals surface area contributed by atoms with Crippen LogP contribution in [0.25, 0.3) is 0 Å². The van der Waals surface area contributed by atoms with Crippen molar-refractivity contribution in [2.75, 3.05) is 20.2 Å². The maximum Gasteiger partial charge on any atom is 0.237 e. The van der Waals surface area contributed by atoms with Crippen LogP contribution in [0.2, 0.25) is 0 Å². The van der Waals surface area contributed by atoms with Crippen molar-refractivity contribution in [3.63, 3.8) is 0 Å². The first-order chi connectivity index (χ1) is 7.84. The molecule has 0 aromatic rings. The first-order valence-electron chi connectivity index (χ1n) is 6.25. The Labute approximate surface area is 103 Å². The number of carbonyl (C=O) groups is 1. The summed E-state index contributed by atoms with van der Waals surface area (Å²) in [6, 6.07) is 0.479. The average molecular weight is 243 g/mol. The molecule has 0 bridgehead atoms. The van der Waals surface area contributed by atoms with Gasteiger partial charge in [0.15, 0.2) is 0 Å². The molecule has 0 aromatic carbocycles. The molecule has 17 heavy (non-hydrogen) atoms. The third-order valence-electron chi connectivity index (χ3n) is 3.67. The Morgan fingerprint density at radius 2 is 2.24 bits per heavy atom. The van der Waals surface area contributed by atoms with Crippen molar-refractivity contribution in [3.8, 4) is 0 Å². The number of carbonyl (C=O) groups excluding carboxylic acids is 1. The van der Waals surface area contributed by atoms with Crippen LogP contribution >= 0.6 is 0 Å². The van der Waals surface area contributed by atoms with Gasteiger partial charge in [-0.05, 0) is 46.7 Å². The molecule has 1 rings (SSSR count). The summed E-state index contributed by atoms with van der Waals surface area (Å²) in [5, 5.41) is 0. The van der Waals surface area contributed by atoms with Gasteiger partial charge in [-0.25, -0.2) is 0 Å². The Kier molecular flexibility index (Phi) is 4.91. The van der Waals surface area contributed by atoms with Gasteiger partial charge in [0, 0.05) is 12.6 Å². The monoisotopic (exact) mass is 243 g/mol. The van der Waals surface area contributed by atoms with Gasteiger partial charge in [-0.15, -0.1) is 0 Å². The van der Waals surface area contributed by atoms with E-state index in [1.807, 2.05) is 0 Å². The van der Waals surface area contributed by atoms with E-state index in [-0.39, 0.29) is 0 Å². The van der Waals surface area contributed by atoms with Crippen molar-refractivity contribution in [3.05, 3.63) is 0 Å². The topological polar surface area (TPSA) is 81.6 Å². The largest absolute Gasteiger partial charge is 0.377 e. The Morgan fingerprint density at radius 3 is 2.71 bits per heavy atom. The summed E-state index contributed by atoms with van der Waals surface area (Å²) < 4.78 is 5.53. The van der Waals surface area contributed by atoms with Crippen LogP contribution in [0.4, 0.5) is 0 Å². The molecule has 5 heteroatoms. The van der Waals surface area contributed by atoms with Gasteiger partial charge in [0.1, 0.15) is 0 Å². The molecule has 4 N–H and O–H groups in total. The summed E-state index contributed by atoms with van der Waals surface area (Å²) in [7, 11) is 2.09. The highest BCUT2D eigenvalue weighted by Gasteiger charge is 2.29. The van der Waals surface area contributed by atoms with Crippen molar-refractivity contribution in [2.24, 2.45) is 11.5 Å². The first-order valence-corrected chi connectivity index (χ1v) is 6.25. The SMILES string of the molecule is CC1OCCC1N(C)CCCC(C)(N)C(N)=O. The Hall–Kier alpha value is -0.650. The number of amides is 1. The molecule has 0 aliphatic carbocycles. The minimum absolute atomic E-state index is 0.292. The zero-order valence-corrected chi connectivity index (χ0v) is 11.1. The lowest BCUT2D eigenvalue weighted by Gasteiger charge is -2.28. The van der Waals surface area contributed by atoms with Crippen LogP contribution in [-0.4, -0.2) is 48.7 Å². The van der Waals surface area contributed by atoms with Crippen molar-refractivity contribution in [1.82, 2.24) is 4.90 Å². The lowest BCUT2D eigenvalue weighted by atomic mass is 9.96. The molecule has 0 radical (unpaired) electrons. The van der Waals surface area contributed by atoms with Gasteiger partial charge in [0.05, 0.1) is 11.6 Å². The molecule has 3 unspecified atom stereocenters. The van der Waals surface area contributed by atoms with E-state index in [2.05, 4.69) is 18.9 Å². The maximum atomic E-state index is 11.1. The fourth-order valence-corrected chi connectivity index (χ4v) is 2.28. The van der Waals surface area contributed by atoms with Gasteiger partial charge in [0.2, 0.25) is 5.91 Å². The number of hydrogen-bond acceptors (Lipinski definition) is 4. The number of ether oxygens (including phenoxy) is 1. The third kappa shape index (κ3) is 3.94. The van der Waals surface area contributed by atoms with Gasteiger partial charge < -0.3 is 21.1 Å². The molecular weight excluding hydrogens is 218 g/mol. The predicted octanol–water partition coefficient (Wildman–Crippen LogP) is 0.0785. The molecule has 1 saturated heterocycles. The number of nitrogens with two attached hydrogens (primary N) is 2. The lowest BCUT2D eigenvalue weighted by molar-refractivity contribution is -0.122. The number of nitrogens with zero attached hydrogens (tertiary/aromatic N) is 1. The van der Waals surface area contributed by atoms with Crippen LogP contribution in [-0.2, 0) is 9.53 Å². The lowest BCUT2D eigenvalue weighted by Crippen LogP contribution is -2.49.